The Bertz CT molecular complexity index is 395. The van der Waals surface area contributed by atoms with E-state index in [1.54, 1.807) is 19.1 Å². The van der Waals surface area contributed by atoms with E-state index in [9.17, 15) is 9.90 Å². The van der Waals surface area contributed by atoms with Crippen LogP contribution in [0.4, 0.5) is 0 Å². The van der Waals surface area contributed by atoms with Crippen molar-refractivity contribution in [3.63, 3.8) is 0 Å². The maximum absolute atomic E-state index is 11.1. The highest BCUT2D eigenvalue weighted by atomic mass is 16.4. The SMILES string of the molecule is CC(c1cccc(O)c1)C(C)(NN)C(=O)O. The number of phenols is 1. The molecule has 0 aliphatic heterocycles. The Kier molecular flexibility index (Phi) is 3.51. The molecule has 0 radical (unpaired) electrons. The number of hydrogen-bond donors (Lipinski definition) is 4. The average molecular weight is 224 g/mol. The predicted molar refractivity (Wildman–Crippen MR) is 59.9 cm³/mol. The zero-order chi connectivity index (χ0) is 12.3. The van der Waals surface area contributed by atoms with E-state index < -0.39 is 11.5 Å². The number of phenolic OH excluding ortho intramolecular Hbond substituents is 1. The minimum atomic E-state index is -1.27. The van der Waals surface area contributed by atoms with E-state index in [-0.39, 0.29) is 11.7 Å². The zero-order valence-corrected chi connectivity index (χ0v) is 9.27. The number of nitrogens with two attached hydrogens (primary N) is 1. The summed E-state index contributed by atoms with van der Waals surface area (Å²) in [6.45, 7) is 3.24. The van der Waals surface area contributed by atoms with Crippen LogP contribution in [0.1, 0.15) is 25.3 Å². The van der Waals surface area contributed by atoms with E-state index in [4.69, 9.17) is 10.9 Å². The Balaban J connectivity index is 3.09. The third-order valence-corrected chi connectivity index (χ3v) is 2.98. The number of carboxylic acids is 1. The van der Waals surface area contributed by atoms with E-state index in [1.807, 2.05) is 0 Å². The molecule has 5 N–H and O–H groups in total. The van der Waals surface area contributed by atoms with Gasteiger partial charge in [0.2, 0.25) is 0 Å². The maximum Gasteiger partial charge on any atom is 0.325 e. The van der Waals surface area contributed by atoms with Crippen molar-refractivity contribution in [2.75, 3.05) is 0 Å². The molecule has 0 saturated heterocycles. The van der Waals surface area contributed by atoms with Gasteiger partial charge in [-0.3, -0.25) is 10.6 Å². The van der Waals surface area contributed by atoms with Crippen molar-refractivity contribution < 1.29 is 15.0 Å². The summed E-state index contributed by atoms with van der Waals surface area (Å²) in [5.74, 6) is 3.99. The van der Waals surface area contributed by atoms with E-state index in [2.05, 4.69) is 5.43 Å². The molecule has 2 unspecified atom stereocenters. The minimum Gasteiger partial charge on any atom is -0.508 e. The Morgan fingerprint density at radius 3 is 2.62 bits per heavy atom. The Labute approximate surface area is 93.9 Å². The van der Waals surface area contributed by atoms with Crippen LogP contribution >= 0.6 is 0 Å². The number of carbonyl (C=O) groups is 1. The standard InChI is InChI=1S/C11H16N2O3/c1-7(11(2,13-12)10(15)16)8-4-3-5-9(14)6-8/h3-7,13-14H,12H2,1-2H3,(H,15,16). The van der Waals surface area contributed by atoms with Crippen molar-refractivity contribution in [1.82, 2.24) is 5.43 Å². The Morgan fingerprint density at radius 2 is 2.19 bits per heavy atom. The van der Waals surface area contributed by atoms with Gasteiger partial charge in [0.1, 0.15) is 11.3 Å². The first-order chi connectivity index (χ1) is 7.41. The second-order valence-corrected chi connectivity index (χ2v) is 3.97. The normalized spacial score (nSPS) is 16.4. The van der Waals surface area contributed by atoms with Gasteiger partial charge in [-0.1, -0.05) is 19.1 Å². The van der Waals surface area contributed by atoms with Crippen LogP contribution in [0.3, 0.4) is 0 Å². The van der Waals surface area contributed by atoms with Crippen LogP contribution < -0.4 is 11.3 Å². The number of benzene rings is 1. The second-order valence-electron chi connectivity index (χ2n) is 3.97. The minimum absolute atomic E-state index is 0.106. The highest BCUT2D eigenvalue weighted by Crippen LogP contribution is 2.29. The van der Waals surface area contributed by atoms with E-state index in [0.29, 0.717) is 5.56 Å². The molecule has 0 aliphatic rings. The van der Waals surface area contributed by atoms with Crippen LogP contribution in [0.2, 0.25) is 0 Å². The molecule has 88 valence electrons. The molecule has 0 heterocycles. The molecule has 0 fully saturated rings. The van der Waals surface area contributed by atoms with Crippen LogP contribution in [-0.2, 0) is 4.79 Å². The number of hydrazine groups is 1. The van der Waals surface area contributed by atoms with Gasteiger partial charge < -0.3 is 10.2 Å². The van der Waals surface area contributed by atoms with E-state index >= 15 is 0 Å². The average Bonchev–Trinajstić information content (AvgIpc) is 2.26. The first kappa shape index (κ1) is 12.5. The third kappa shape index (κ3) is 2.15. The highest BCUT2D eigenvalue weighted by molar-refractivity contribution is 5.79. The fraction of sp³-hybridized carbons (Fsp3) is 0.364. The van der Waals surface area contributed by atoms with Gasteiger partial charge in [-0.05, 0) is 24.6 Å². The lowest BCUT2D eigenvalue weighted by Gasteiger charge is -2.30. The fourth-order valence-corrected chi connectivity index (χ4v) is 1.50. The van der Waals surface area contributed by atoms with Gasteiger partial charge in [0.15, 0.2) is 0 Å². The first-order valence-corrected chi connectivity index (χ1v) is 4.92. The van der Waals surface area contributed by atoms with Crippen molar-refractivity contribution >= 4 is 5.97 Å². The number of nitrogens with one attached hydrogen (secondary N) is 1. The number of hydrogen-bond acceptors (Lipinski definition) is 4. The first-order valence-electron chi connectivity index (χ1n) is 4.92. The van der Waals surface area contributed by atoms with Gasteiger partial charge in [-0.25, -0.2) is 5.43 Å². The molecule has 0 aliphatic carbocycles. The van der Waals surface area contributed by atoms with E-state index in [1.165, 1.54) is 19.1 Å². The number of rotatable bonds is 4. The van der Waals surface area contributed by atoms with Gasteiger partial charge >= 0.3 is 5.97 Å². The van der Waals surface area contributed by atoms with Gasteiger partial charge in [0.25, 0.3) is 0 Å². The summed E-state index contributed by atoms with van der Waals surface area (Å²) >= 11 is 0. The fourth-order valence-electron chi connectivity index (χ4n) is 1.50. The predicted octanol–water partition coefficient (Wildman–Crippen LogP) is 0.802. The molecule has 0 aromatic heterocycles. The molecule has 0 bridgehead atoms. The lowest BCUT2D eigenvalue weighted by molar-refractivity contribution is -0.145. The monoisotopic (exact) mass is 224 g/mol. The summed E-state index contributed by atoms with van der Waals surface area (Å²) in [6.07, 6.45) is 0. The number of carboxylic acid groups (broad SMARTS) is 1. The molecule has 1 aromatic rings. The van der Waals surface area contributed by atoms with Crippen LogP contribution in [0.15, 0.2) is 24.3 Å². The summed E-state index contributed by atoms with van der Waals surface area (Å²) in [6, 6.07) is 6.48. The highest BCUT2D eigenvalue weighted by Gasteiger charge is 2.38. The van der Waals surface area contributed by atoms with Crippen LogP contribution in [0.5, 0.6) is 5.75 Å². The van der Waals surface area contributed by atoms with Gasteiger partial charge in [-0.2, -0.15) is 0 Å². The molecule has 1 rings (SSSR count). The topological polar surface area (TPSA) is 95.6 Å². The van der Waals surface area contributed by atoms with Crippen LogP contribution in [-0.4, -0.2) is 21.7 Å². The molecule has 16 heavy (non-hydrogen) atoms. The molecule has 5 heteroatoms. The molecular weight excluding hydrogens is 208 g/mol. The van der Waals surface area contributed by atoms with E-state index in [0.717, 1.165) is 0 Å². The van der Waals surface area contributed by atoms with Crippen LogP contribution in [0.25, 0.3) is 0 Å². The Morgan fingerprint density at radius 1 is 1.56 bits per heavy atom. The molecule has 5 nitrogen and oxygen atoms in total. The lowest BCUT2D eigenvalue weighted by atomic mass is 9.82. The largest absolute Gasteiger partial charge is 0.508 e. The summed E-state index contributed by atoms with van der Waals surface area (Å²) in [5, 5.41) is 18.5. The molecule has 0 amide bonds. The molecule has 2 atom stereocenters. The van der Waals surface area contributed by atoms with Crippen LogP contribution in [0, 0.1) is 0 Å². The van der Waals surface area contributed by atoms with Crippen molar-refractivity contribution in [3.8, 4) is 5.75 Å². The molecule has 0 spiro atoms. The van der Waals surface area contributed by atoms with Crippen molar-refractivity contribution in [2.45, 2.75) is 25.3 Å². The maximum atomic E-state index is 11.1. The van der Waals surface area contributed by atoms with Crippen molar-refractivity contribution in [3.05, 3.63) is 29.8 Å². The molecule has 0 saturated carbocycles. The Hall–Kier alpha value is -1.59. The van der Waals surface area contributed by atoms with Gasteiger partial charge in [0, 0.05) is 5.92 Å². The molecular formula is C11H16N2O3. The number of aliphatic carboxylic acids is 1. The summed E-state index contributed by atoms with van der Waals surface area (Å²) in [5.41, 5.74) is 1.76. The van der Waals surface area contributed by atoms with Crippen molar-refractivity contribution in [1.29, 1.82) is 0 Å². The van der Waals surface area contributed by atoms with Gasteiger partial charge in [0.05, 0.1) is 0 Å². The van der Waals surface area contributed by atoms with Gasteiger partial charge in [-0.15, -0.1) is 0 Å². The molecule has 1 aromatic carbocycles. The quantitative estimate of drug-likeness (QED) is 0.448. The third-order valence-electron chi connectivity index (χ3n) is 2.98. The zero-order valence-electron chi connectivity index (χ0n) is 9.27. The lowest BCUT2D eigenvalue weighted by Crippen LogP contribution is -2.56. The number of aromatic hydroxyl groups is 1. The summed E-state index contributed by atoms with van der Waals surface area (Å²) in [4.78, 5) is 11.1. The smallest absolute Gasteiger partial charge is 0.325 e. The summed E-state index contributed by atoms with van der Waals surface area (Å²) in [7, 11) is 0. The summed E-state index contributed by atoms with van der Waals surface area (Å²) < 4.78 is 0. The van der Waals surface area contributed by atoms with Crippen molar-refractivity contribution in [2.24, 2.45) is 5.84 Å². The second kappa shape index (κ2) is 4.51.